The molecule has 5 nitrogen and oxygen atoms in total. The lowest BCUT2D eigenvalue weighted by Crippen LogP contribution is -2.39. The maximum atomic E-state index is 11.7. The summed E-state index contributed by atoms with van der Waals surface area (Å²) in [4.78, 5) is 13.3. The Kier molecular flexibility index (Phi) is 6.59. The minimum absolute atomic E-state index is 0.321. The zero-order valence-corrected chi connectivity index (χ0v) is 11.1. The van der Waals surface area contributed by atoms with E-state index in [9.17, 15) is 13.2 Å². The summed E-state index contributed by atoms with van der Waals surface area (Å²) in [5, 5.41) is 0. The predicted molar refractivity (Wildman–Crippen MR) is 64.8 cm³/mol. The molecule has 0 atom stereocenters. The number of amides is 1. The van der Waals surface area contributed by atoms with Crippen LogP contribution in [0.3, 0.4) is 0 Å². The monoisotopic (exact) mass is 250 g/mol. The normalized spacial score (nSPS) is 11.8. The summed E-state index contributed by atoms with van der Waals surface area (Å²) in [7, 11) is -3.25. The second-order valence-corrected chi connectivity index (χ2v) is 6.59. The first kappa shape index (κ1) is 15.4. The minimum Gasteiger partial charge on any atom is -0.342 e. The maximum absolute atomic E-state index is 11.7. The first-order valence-corrected chi connectivity index (χ1v) is 7.48. The lowest BCUT2D eigenvalue weighted by atomic mass is 10.2. The highest BCUT2D eigenvalue weighted by Gasteiger charge is 2.18. The molecule has 0 radical (unpaired) electrons. The van der Waals surface area contributed by atoms with E-state index in [1.165, 1.54) is 0 Å². The Morgan fingerprint density at radius 1 is 1.38 bits per heavy atom. The van der Waals surface area contributed by atoms with Gasteiger partial charge in [-0.1, -0.05) is 13.8 Å². The van der Waals surface area contributed by atoms with Crippen molar-refractivity contribution in [1.29, 1.82) is 0 Å². The van der Waals surface area contributed by atoms with Gasteiger partial charge in [-0.25, -0.2) is 8.42 Å². The fraction of sp³-hybridized carbons (Fsp3) is 0.900. The van der Waals surface area contributed by atoms with Crippen LogP contribution in [0.1, 0.15) is 20.3 Å². The van der Waals surface area contributed by atoms with Crippen LogP contribution < -0.4 is 5.73 Å². The van der Waals surface area contributed by atoms with Gasteiger partial charge in [0.05, 0.1) is 0 Å². The zero-order chi connectivity index (χ0) is 12.8. The zero-order valence-electron chi connectivity index (χ0n) is 10.3. The van der Waals surface area contributed by atoms with E-state index in [1.807, 2.05) is 13.8 Å². The Morgan fingerprint density at radius 2 is 1.94 bits per heavy atom. The summed E-state index contributed by atoms with van der Waals surface area (Å²) in [6, 6.07) is 0. The molecule has 2 N–H and O–H groups in total. The highest BCUT2D eigenvalue weighted by Crippen LogP contribution is 2.02. The minimum atomic E-state index is -3.25. The molecule has 0 fully saturated rings. The molecule has 0 aromatic carbocycles. The van der Waals surface area contributed by atoms with E-state index in [-0.39, 0.29) is 5.91 Å². The summed E-state index contributed by atoms with van der Waals surface area (Å²) in [6.45, 7) is 5.59. The number of carbonyl (C=O) groups is 1. The number of sulfone groups is 1. The van der Waals surface area contributed by atoms with E-state index in [1.54, 1.807) is 4.90 Å². The molecule has 6 heteroatoms. The van der Waals surface area contributed by atoms with Crippen molar-refractivity contribution >= 4 is 15.7 Å². The van der Waals surface area contributed by atoms with Gasteiger partial charge < -0.3 is 10.6 Å². The van der Waals surface area contributed by atoms with Gasteiger partial charge >= 0.3 is 0 Å². The standard InChI is InChI=1S/C10H22N2O3S/c1-9(2)7-12(6-4-5-11)10(13)8-16(3,14)15/h9H,4-8,11H2,1-3H3. The number of rotatable bonds is 7. The summed E-state index contributed by atoms with van der Waals surface area (Å²) < 4.78 is 22.1. The molecule has 1 amide bonds. The SMILES string of the molecule is CC(C)CN(CCCN)C(=O)CS(C)(=O)=O. The smallest absolute Gasteiger partial charge is 0.237 e. The van der Waals surface area contributed by atoms with Crippen molar-refractivity contribution in [3.8, 4) is 0 Å². The highest BCUT2D eigenvalue weighted by molar-refractivity contribution is 7.91. The second kappa shape index (κ2) is 6.85. The van der Waals surface area contributed by atoms with E-state index in [4.69, 9.17) is 5.73 Å². The van der Waals surface area contributed by atoms with E-state index in [0.717, 1.165) is 6.26 Å². The molecule has 0 aliphatic carbocycles. The third-order valence-electron chi connectivity index (χ3n) is 1.96. The number of nitrogens with two attached hydrogens (primary N) is 1. The van der Waals surface area contributed by atoms with Gasteiger partial charge in [0.15, 0.2) is 9.84 Å². The largest absolute Gasteiger partial charge is 0.342 e. The second-order valence-electron chi connectivity index (χ2n) is 4.45. The Hall–Kier alpha value is -0.620. The molecule has 0 bridgehead atoms. The van der Waals surface area contributed by atoms with Crippen LogP contribution >= 0.6 is 0 Å². The molecule has 0 aromatic rings. The number of hydrogen-bond acceptors (Lipinski definition) is 4. The van der Waals surface area contributed by atoms with Gasteiger partial charge in [-0.2, -0.15) is 0 Å². The van der Waals surface area contributed by atoms with Crippen LogP contribution in [0, 0.1) is 5.92 Å². The van der Waals surface area contributed by atoms with Crippen LogP contribution in [-0.4, -0.2) is 50.9 Å². The number of carbonyl (C=O) groups excluding carboxylic acids is 1. The molecule has 0 spiro atoms. The van der Waals surface area contributed by atoms with Crippen LogP contribution in [0.2, 0.25) is 0 Å². The van der Waals surface area contributed by atoms with Crippen LogP contribution in [-0.2, 0) is 14.6 Å². The van der Waals surface area contributed by atoms with Gasteiger partial charge in [0.1, 0.15) is 5.75 Å². The lowest BCUT2D eigenvalue weighted by molar-refractivity contribution is -0.129. The summed E-state index contributed by atoms with van der Waals surface area (Å²) in [6.07, 6.45) is 1.77. The molecule has 0 unspecified atom stereocenters. The average molecular weight is 250 g/mol. The summed E-state index contributed by atoms with van der Waals surface area (Å²) in [5.41, 5.74) is 5.38. The summed E-state index contributed by atoms with van der Waals surface area (Å²) in [5.74, 6) is -0.421. The molecule has 0 heterocycles. The van der Waals surface area contributed by atoms with Crippen LogP contribution in [0.5, 0.6) is 0 Å². The first-order chi connectivity index (χ1) is 7.26. The molecule has 96 valence electrons. The van der Waals surface area contributed by atoms with Crippen LogP contribution in [0.4, 0.5) is 0 Å². The Bertz CT molecular complexity index is 312. The molecule has 16 heavy (non-hydrogen) atoms. The van der Waals surface area contributed by atoms with Gasteiger partial charge in [-0.05, 0) is 18.9 Å². The molecule has 0 aliphatic rings. The van der Waals surface area contributed by atoms with E-state index in [2.05, 4.69) is 0 Å². The van der Waals surface area contributed by atoms with Crippen molar-refractivity contribution in [3.63, 3.8) is 0 Å². The molecular formula is C10H22N2O3S. The third kappa shape index (κ3) is 7.64. The van der Waals surface area contributed by atoms with Crippen LogP contribution in [0.25, 0.3) is 0 Å². The highest BCUT2D eigenvalue weighted by atomic mass is 32.2. The van der Waals surface area contributed by atoms with Crippen molar-refractivity contribution in [2.75, 3.05) is 31.6 Å². The fourth-order valence-electron chi connectivity index (χ4n) is 1.36. The number of nitrogens with zero attached hydrogens (tertiary/aromatic N) is 1. The maximum Gasteiger partial charge on any atom is 0.237 e. The molecule has 0 rings (SSSR count). The van der Waals surface area contributed by atoms with Gasteiger partial charge in [0.2, 0.25) is 5.91 Å². The number of hydrogen-bond donors (Lipinski definition) is 1. The first-order valence-electron chi connectivity index (χ1n) is 5.42. The molecule has 0 aromatic heterocycles. The molecule has 0 aliphatic heterocycles. The van der Waals surface area contributed by atoms with Crippen molar-refractivity contribution in [2.24, 2.45) is 11.7 Å². The van der Waals surface area contributed by atoms with Crippen molar-refractivity contribution in [3.05, 3.63) is 0 Å². The topological polar surface area (TPSA) is 80.5 Å². The van der Waals surface area contributed by atoms with Gasteiger partial charge in [-0.3, -0.25) is 4.79 Å². The predicted octanol–water partition coefficient (Wildman–Crippen LogP) is -0.136. The quantitative estimate of drug-likeness (QED) is 0.682. The van der Waals surface area contributed by atoms with Gasteiger partial charge in [0.25, 0.3) is 0 Å². The van der Waals surface area contributed by atoms with Crippen molar-refractivity contribution < 1.29 is 13.2 Å². The van der Waals surface area contributed by atoms with E-state index < -0.39 is 15.6 Å². The molecular weight excluding hydrogens is 228 g/mol. The Balaban J connectivity index is 4.43. The fourth-order valence-corrected chi connectivity index (χ4v) is 1.99. The Labute approximate surface area is 97.9 Å². The van der Waals surface area contributed by atoms with E-state index in [0.29, 0.717) is 32.0 Å². The Morgan fingerprint density at radius 3 is 2.31 bits per heavy atom. The van der Waals surface area contributed by atoms with Crippen LogP contribution in [0.15, 0.2) is 0 Å². The third-order valence-corrected chi connectivity index (χ3v) is 2.73. The average Bonchev–Trinajstić information content (AvgIpc) is 2.08. The lowest BCUT2D eigenvalue weighted by Gasteiger charge is -2.24. The van der Waals surface area contributed by atoms with Crippen molar-refractivity contribution in [2.45, 2.75) is 20.3 Å². The molecule has 0 saturated carbocycles. The van der Waals surface area contributed by atoms with Gasteiger partial charge in [-0.15, -0.1) is 0 Å². The molecule has 0 saturated heterocycles. The van der Waals surface area contributed by atoms with Gasteiger partial charge in [0, 0.05) is 19.3 Å². The van der Waals surface area contributed by atoms with E-state index >= 15 is 0 Å². The van der Waals surface area contributed by atoms with Crippen molar-refractivity contribution in [1.82, 2.24) is 4.90 Å². The summed E-state index contributed by atoms with van der Waals surface area (Å²) >= 11 is 0.